The summed E-state index contributed by atoms with van der Waals surface area (Å²) in [6.07, 6.45) is 4.56. The van der Waals surface area contributed by atoms with E-state index in [0.29, 0.717) is 25.0 Å². The van der Waals surface area contributed by atoms with Crippen molar-refractivity contribution in [3.05, 3.63) is 28.3 Å². The largest absolute Gasteiger partial charge is 0.490 e. The SMILES string of the molecule is COc1cccc(OCC2CCCCC2CN)c1[N+](=O)[O-]. The van der Waals surface area contributed by atoms with Crippen LogP contribution in [0.4, 0.5) is 5.69 Å². The number of nitro groups is 1. The zero-order chi connectivity index (χ0) is 15.2. The molecule has 0 spiro atoms. The predicted octanol–water partition coefficient (Wildman–Crippen LogP) is 2.75. The van der Waals surface area contributed by atoms with Crippen molar-refractivity contribution in [2.45, 2.75) is 25.7 Å². The number of hydrogen-bond acceptors (Lipinski definition) is 5. The summed E-state index contributed by atoms with van der Waals surface area (Å²) in [5, 5.41) is 11.2. The third kappa shape index (κ3) is 3.64. The molecule has 0 aliphatic heterocycles. The number of ether oxygens (including phenoxy) is 2. The first-order valence-electron chi connectivity index (χ1n) is 7.31. The Balaban J connectivity index is 2.10. The zero-order valence-electron chi connectivity index (χ0n) is 12.3. The highest BCUT2D eigenvalue weighted by Crippen LogP contribution is 2.37. The van der Waals surface area contributed by atoms with E-state index >= 15 is 0 Å². The van der Waals surface area contributed by atoms with Crippen LogP contribution in [0, 0.1) is 22.0 Å². The summed E-state index contributed by atoms with van der Waals surface area (Å²) < 4.78 is 10.8. The number of para-hydroxylation sites is 1. The van der Waals surface area contributed by atoms with Gasteiger partial charge >= 0.3 is 5.69 Å². The van der Waals surface area contributed by atoms with Crippen molar-refractivity contribution >= 4 is 5.69 Å². The minimum atomic E-state index is -0.463. The Morgan fingerprint density at radius 3 is 2.57 bits per heavy atom. The molecule has 0 saturated heterocycles. The molecule has 1 aliphatic carbocycles. The smallest absolute Gasteiger partial charge is 0.352 e. The van der Waals surface area contributed by atoms with Gasteiger partial charge in [0.25, 0.3) is 0 Å². The van der Waals surface area contributed by atoms with E-state index in [1.165, 1.54) is 20.0 Å². The van der Waals surface area contributed by atoms with E-state index in [1.807, 2.05) is 0 Å². The molecule has 2 N–H and O–H groups in total. The fourth-order valence-corrected chi connectivity index (χ4v) is 2.97. The number of nitrogens with zero attached hydrogens (tertiary/aromatic N) is 1. The molecule has 2 atom stereocenters. The highest BCUT2D eigenvalue weighted by atomic mass is 16.6. The summed E-state index contributed by atoms with van der Waals surface area (Å²) in [4.78, 5) is 10.7. The minimum Gasteiger partial charge on any atom is -0.490 e. The molecule has 0 heterocycles. The van der Waals surface area contributed by atoms with Crippen molar-refractivity contribution in [2.75, 3.05) is 20.3 Å². The van der Waals surface area contributed by atoms with E-state index in [4.69, 9.17) is 15.2 Å². The topological polar surface area (TPSA) is 87.6 Å². The van der Waals surface area contributed by atoms with Gasteiger partial charge in [0.05, 0.1) is 18.6 Å². The Hall–Kier alpha value is -1.82. The highest BCUT2D eigenvalue weighted by Gasteiger charge is 2.27. The third-order valence-electron chi connectivity index (χ3n) is 4.19. The van der Waals surface area contributed by atoms with Crippen LogP contribution in [0.5, 0.6) is 11.5 Å². The van der Waals surface area contributed by atoms with Crippen molar-refractivity contribution in [3.63, 3.8) is 0 Å². The molecule has 1 saturated carbocycles. The standard InChI is InChI=1S/C15H22N2O4/c1-20-13-7-4-8-14(15(13)17(18)19)21-10-12-6-3-2-5-11(12)9-16/h4,7-8,11-12H,2-3,5-6,9-10,16H2,1H3. The van der Waals surface area contributed by atoms with Gasteiger partial charge in [-0.2, -0.15) is 0 Å². The molecule has 1 fully saturated rings. The summed E-state index contributed by atoms with van der Waals surface area (Å²) in [5.41, 5.74) is 5.69. The first-order valence-corrected chi connectivity index (χ1v) is 7.31. The fraction of sp³-hybridized carbons (Fsp3) is 0.600. The molecule has 0 amide bonds. The van der Waals surface area contributed by atoms with Gasteiger partial charge in [0, 0.05) is 0 Å². The molecule has 1 aliphatic rings. The van der Waals surface area contributed by atoms with Crippen LogP contribution in [0.1, 0.15) is 25.7 Å². The fourth-order valence-electron chi connectivity index (χ4n) is 2.97. The van der Waals surface area contributed by atoms with E-state index in [2.05, 4.69) is 0 Å². The van der Waals surface area contributed by atoms with Crippen molar-refractivity contribution < 1.29 is 14.4 Å². The van der Waals surface area contributed by atoms with E-state index < -0.39 is 4.92 Å². The monoisotopic (exact) mass is 294 g/mol. The number of methoxy groups -OCH3 is 1. The Labute approximate surface area is 124 Å². The molecule has 6 nitrogen and oxygen atoms in total. The minimum absolute atomic E-state index is 0.111. The van der Waals surface area contributed by atoms with E-state index in [9.17, 15) is 10.1 Å². The average Bonchev–Trinajstić information content (AvgIpc) is 2.52. The number of nitro benzene ring substituents is 1. The lowest BCUT2D eigenvalue weighted by Gasteiger charge is -2.30. The lowest BCUT2D eigenvalue weighted by Crippen LogP contribution is -2.30. The summed E-state index contributed by atoms with van der Waals surface area (Å²) >= 11 is 0. The highest BCUT2D eigenvalue weighted by molar-refractivity contribution is 5.57. The van der Waals surface area contributed by atoms with Gasteiger partial charge in [-0.1, -0.05) is 18.9 Å². The summed E-state index contributed by atoms with van der Waals surface area (Å²) in [7, 11) is 1.41. The summed E-state index contributed by atoms with van der Waals surface area (Å²) in [6, 6.07) is 4.87. The van der Waals surface area contributed by atoms with Crippen LogP contribution in [0.2, 0.25) is 0 Å². The van der Waals surface area contributed by atoms with Crippen LogP contribution < -0.4 is 15.2 Å². The van der Waals surface area contributed by atoms with Crippen LogP contribution in [0.15, 0.2) is 18.2 Å². The van der Waals surface area contributed by atoms with Crippen LogP contribution >= 0.6 is 0 Å². The quantitative estimate of drug-likeness (QED) is 0.644. The maximum atomic E-state index is 11.2. The number of hydrogen-bond donors (Lipinski definition) is 1. The Morgan fingerprint density at radius 1 is 1.29 bits per heavy atom. The molecular formula is C15H22N2O4. The van der Waals surface area contributed by atoms with Gasteiger partial charge in [-0.05, 0) is 43.4 Å². The van der Waals surface area contributed by atoms with Crippen molar-refractivity contribution in [1.82, 2.24) is 0 Å². The van der Waals surface area contributed by atoms with Crippen molar-refractivity contribution in [1.29, 1.82) is 0 Å². The Bertz CT molecular complexity index is 493. The number of benzene rings is 1. The summed E-state index contributed by atoms with van der Waals surface area (Å²) in [5.74, 6) is 1.30. The first kappa shape index (κ1) is 15.6. The molecule has 1 aromatic carbocycles. The molecule has 6 heteroatoms. The molecule has 0 bridgehead atoms. The van der Waals surface area contributed by atoms with Gasteiger partial charge < -0.3 is 15.2 Å². The van der Waals surface area contributed by atoms with Gasteiger partial charge in [-0.15, -0.1) is 0 Å². The van der Waals surface area contributed by atoms with Crippen molar-refractivity contribution in [3.8, 4) is 11.5 Å². The van der Waals surface area contributed by atoms with Gasteiger partial charge in [0.15, 0.2) is 0 Å². The molecule has 0 radical (unpaired) electrons. The Kier molecular flexibility index (Phi) is 5.38. The van der Waals surface area contributed by atoms with Crippen molar-refractivity contribution in [2.24, 2.45) is 17.6 Å². The first-order chi connectivity index (χ1) is 10.2. The number of nitrogens with two attached hydrogens (primary N) is 1. The average molecular weight is 294 g/mol. The molecule has 116 valence electrons. The molecule has 0 aromatic heterocycles. The van der Waals surface area contributed by atoms with Crippen LogP contribution in [0.25, 0.3) is 0 Å². The van der Waals surface area contributed by atoms with Gasteiger partial charge in [-0.25, -0.2) is 0 Å². The van der Waals surface area contributed by atoms with Gasteiger partial charge in [0.2, 0.25) is 11.5 Å². The number of rotatable bonds is 6. The maximum Gasteiger partial charge on any atom is 0.352 e. The van der Waals surface area contributed by atoms with Crippen LogP contribution in [-0.4, -0.2) is 25.2 Å². The van der Waals surface area contributed by atoms with E-state index in [-0.39, 0.29) is 17.2 Å². The third-order valence-corrected chi connectivity index (χ3v) is 4.19. The lowest BCUT2D eigenvalue weighted by molar-refractivity contribution is -0.386. The van der Waals surface area contributed by atoms with E-state index in [0.717, 1.165) is 12.8 Å². The second kappa shape index (κ2) is 7.26. The maximum absolute atomic E-state index is 11.2. The predicted molar refractivity (Wildman–Crippen MR) is 79.6 cm³/mol. The normalized spacial score (nSPS) is 21.8. The molecular weight excluding hydrogens is 272 g/mol. The van der Waals surface area contributed by atoms with Crippen LogP contribution in [-0.2, 0) is 0 Å². The molecule has 1 aromatic rings. The van der Waals surface area contributed by atoms with Gasteiger partial charge in [-0.3, -0.25) is 10.1 Å². The second-order valence-corrected chi connectivity index (χ2v) is 5.42. The Morgan fingerprint density at radius 2 is 1.95 bits per heavy atom. The van der Waals surface area contributed by atoms with Gasteiger partial charge in [0.1, 0.15) is 0 Å². The lowest BCUT2D eigenvalue weighted by atomic mass is 9.80. The molecule has 21 heavy (non-hydrogen) atoms. The van der Waals surface area contributed by atoms with E-state index in [1.54, 1.807) is 18.2 Å². The zero-order valence-corrected chi connectivity index (χ0v) is 12.3. The molecule has 2 rings (SSSR count). The van der Waals surface area contributed by atoms with Crippen LogP contribution in [0.3, 0.4) is 0 Å². The second-order valence-electron chi connectivity index (χ2n) is 5.42. The summed E-state index contributed by atoms with van der Waals surface area (Å²) in [6.45, 7) is 1.12. The molecule has 2 unspecified atom stereocenters.